The first-order valence-corrected chi connectivity index (χ1v) is 12.3. The fourth-order valence-electron chi connectivity index (χ4n) is 4.58. The van der Waals surface area contributed by atoms with Gasteiger partial charge in [0.2, 0.25) is 0 Å². The van der Waals surface area contributed by atoms with E-state index in [-0.39, 0.29) is 23.7 Å². The number of nitrogens with zero attached hydrogens (tertiary/aromatic N) is 4. The van der Waals surface area contributed by atoms with Gasteiger partial charge in [-0.15, -0.1) is 11.3 Å². The summed E-state index contributed by atoms with van der Waals surface area (Å²) >= 11 is 7.49. The van der Waals surface area contributed by atoms with Gasteiger partial charge >= 0.3 is 5.69 Å². The molecule has 0 bridgehead atoms. The Bertz CT molecular complexity index is 1630. The molecular weight excluding hydrogens is 491 g/mol. The van der Waals surface area contributed by atoms with Crippen molar-refractivity contribution < 1.29 is 9.13 Å². The number of hydrogen-bond acceptors (Lipinski definition) is 6. The summed E-state index contributed by atoms with van der Waals surface area (Å²) in [4.78, 5) is 32.2. The molecule has 0 aliphatic heterocycles. The van der Waals surface area contributed by atoms with E-state index >= 15 is 0 Å². The molecule has 0 unspecified atom stereocenters. The number of benzene rings is 1. The molecule has 10 heteroatoms. The Hall–Kier alpha value is -3.48. The molecule has 1 aliphatic rings. The number of methoxy groups -OCH3 is 1. The molecule has 3 heterocycles. The van der Waals surface area contributed by atoms with Crippen LogP contribution in [-0.2, 0) is 19.4 Å². The molecule has 0 amide bonds. The predicted molar refractivity (Wildman–Crippen MR) is 133 cm³/mol. The third kappa shape index (κ3) is 3.93. The third-order valence-electron chi connectivity index (χ3n) is 6.26. The summed E-state index contributed by atoms with van der Waals surface area (Å²) in [5.74, 6) is -0.583. The van der Waals surface area contributed by atoms with Gasteiger partial charge in [0.1, 0.15) is 4.70 Å². The molecule has 0 fully saturated rings. The lowest BCUT2D eigenvalue weighted by atomic mass is 9.92. The van der Waals surface area contributed by atoms with Crippen molar-refractivity contribution in [1.29, 1.82) is 5.26 Å². The van der Waals surface area contributed by atoms with E-state index in [0.717, 1.165) is 54.2 Å². The number of pyridine rings is 1. The van der Waals surface area contributed by atoms with Gasteiger partial charge in [-0.2, -0.15) is 5.26 Å². The van der Waals surface area contributed by atoms with Crippen molar-refractivity contribution in [3.63, 3.8) is 0 Å². The molecule has 7 nitrogen and oxygen atoms in total. The van der Waals surface area contributed by atoms with E-state index in [1.54, 1.807) is 18.5 Å². The smallest absolute Gasteiger partial charge is 0.336 e. The second-order valence-corrected chi connectivity index (χ2v) is 9.74. The van der Waals surface area contributed by atoms with Crippen molar-refractivity contribution in [3.05, 3.63) is 73.4 Å². The monoisotopic (exact) mass is 510 g/mol. The summed E-state index contributed by atoms with van der Waals surface area (Å²) in [5.41, 5.74) is 2.39. The summed E-state index contributed by atoms with van der Waals surface area (Å²) in [6.07, 6.45) is 7.06. The van der Waals surface area contributed by atoms with Crippen LogP contribution in [0.1, 0.15) is 30.4 Å². The largest absolute Gasteiger partial charge is 0.494 e. The zero-order valence-corrected chi connectivity index (χ0v) is 20.4. The Morgan fingerprint density at radius 2 is 2.03 bits per heavy atom. The summed E-state index contributed by atoms with van der Waals surface area (Å²) in [7, 11) is 1.35. The fourth-order valence-corrected chi connectivity index (χ4v) is 6.01. The van der Waals surface area contributed by atoms with E-state index < -0.39 is 17.1 Å². The number of halogens is 2. The van der Waals surface area contributed by atoms with E-state index in [1.165, 1.54) is 22.3 Å². The normalized spacial score (nSPS) is 13.0. The van der Waals surface area contributed by atoms with Crippen molar-refractivity contribution in [2.24, 2.45) is 0 Å². The summed E-state index contributed by atoms with van der Waals surface area (Å²) in [6, 6.07) is 6.37. The number of nitriles is 1. The number of aromatic nitrogens is 3. The minimum absolute atomic E-state index is 0.0168. The second kappa shape index (κ2) is 9.29. The maximum Gasteiger partial charge on any atom is 0.336 e. The number of aryl methyl sites for hydroxylation is 2. The van der Waals surface area contributed by atoms with E-state index in [0.29, 0.717) is 26.3 Å². The van der Waals surface area contributed by atoms with E-state index in [1.807, 2.05) is 0 Å². The molecule has 35 heavy (non-hydrogen) atoms. The molecule has 5 rings (SSSR count). The summed E-state index contributed by atoms with van der Waals surface area (Å²) < 4.78 is 22.2. The summed E-state index contributed by atoms with van der Waals surface area (Å²) in [6.45, 7) is 0.116. The van der Waals surface area contributed by atoms with E-state index in [4.69, 9.17) is 16.3 Å². The lowest BCUT2D eigenvalue weighted by Crippen LogP contribution is -2.39. The third-order valence-corrected chi connectivity index (χ3v) is 7.72. The fraction of sp³-hybridized carbons (Fsp3) is 0.280. The van der Waals surface area contributed by atoms with Crippen LogP contribution in [0.5, 0.6) is 5.75 Å². The van der Waals surface area contributed by atoms with Crippen molar-refractivity contribution in [2.75, 3.05) is 7.11 Å². The van der Waals surface area contributed by atoms with Gasteiger partial charge in [0.05, 0.1) is 42.0 Å². The zero-order chi connectivity index (χ0) is 24.7. The number of fused-ring (bicyclic) bond motifs is 2. The van der Waals surface area contributed by atoms with Crippen LogP contribution in [-0.4, -0.2) is 21.2 Å². The Balaban J connectivity index is 1.81. The molecule has 178 valence electrons. The van der Waals surface area contributed by atoms with Crippen LogP contribution >= 0.6 is 22.9 Å². The Morgan fingerprint density at radius 3 is 2.80 bits per heavy atom. The van der Waals surface area contributed by atoms with Gasteiger partial charge in [0, 0.05) is 23.2 Å². The minimum atomic E-state index is -0.600. The quantitative estimate of drug-likeness (QED) is 0.382. The lowest BCUT2D eigenvalue weighted by Gasteiger charge is -2.20. The van der Waals surface area contributed by atoms with Crippen molar-refractivity contribution in [1.82, 2.24) is 14.1 Å². The Morgan fingerprint density at radius 1 is 1.23 bits per heavy atom. The van der Waals surface area contributed by atoms with E-state index in [9.17, 15) is 19.2 Å². The van der Waals surface area contributed by atoms with Crippen LogP contribution in [0.2, 0.25) is 5.02 Å². The molecule has 1 aliphatic carbocycles. The number of hydrogen-bond donors (Lipinski definition) is 0. The first kappa shape index (κ1) is 23.3. The first-order valence-electron chi connectivity index (χ1n) is 11.1. The molecular formula is C25H20ClFN4O3S. The van der Waals surface area contributed by atoms with Crippen LogP contribution in [0.15, 0.2) is 40.2 Å². The van der Waals surface area contributed by atoms with Crippen molar-refractivity contribution in [2.45, 2.75) is 38.6 Å². The molecule has 3 aromatic heterocycles. The number of thiophene rings is 1. The minimum Gasteiger partial charge on any atom is -0.494 e. The SMILES string of the molecule is COc1cc(-c2cc3c(s2)c(=O)n(-c2cncc4c2CCCC4)c(=O)n3CCC#N)c(Cl)cc1F. The molecule has 0 spiro atoms. The molecule has 0 radical (unpaired) electrons. The Kier molecular flexibility index (Phi) is 6.17. The molecule has 0 saturated carbocycles. The molecule has 0 saturated heterocycles. The first-order chi connectivity index (χ1) is 16.9. The van der Waals surface area contributed by atoms with Gasteiger partial charge < -0.3 is 4.74 Å². The highest BCUT2D eigenvalue weighted by atomic mass is 35.5. The van der Waals surface area contributed by atoms with E-state index in [2.05, 4.69) is 11.1 Å². The molecule has 0 atom stereocenters. The van der Waals surface area contributed by atoms with Crippen LogP contribution in [0.25, 0.3) is 26.3 Å². The maximum atomic E-state index is 14.1. The lowest BCUT2D eigenvalue weighted by molar-refractivity contribution is 0.387. The molecule has 1 aromatic carbocycles. The standard InChI is InChI=1S/C25H20ClFN4O3S/c1-34-21-9-16(17(26)10-18(21)27)22-11-19-23(35-22)24(32)31(25(33)30(19)8-4-7-28)20-13-29-12-14-5-2-3-6-15(14)20/h9-13H,2-6,8H2,1H3. The average Bonchev–Trinajstić information content (AvgIpc) is 3.29. The van der Waals surface area contributed by atoms with Gasteiger partial charge in [-0.3, -0.25) is 14.3 Å². The molecule has 4 aromatic rings. The number of ether oxygens (including phenoxy) is 1. The highest BCUT2D eigenvalue weighted by molar-refractivity contribution is 7.22. The van der Waals surface area contributed by atoms with Gasteiger partial charge in [-0.1, -0.05) is 11.6 Å². The van der Waals surface area contributed by atoms with Crippen LogP contribution in [0.3, 0.4) is 0 Å². The Labute approximate surface area is 208 Å². The van der Waals surface area contributed by atoms with Crippen LogP contribution in [0.4, 0.5) is 4.39 Å². The average molecular weight is 511 g/mol. The topological polar surface area (TPSA) is 89.9 Å². The second-order valence-electron chi connectivity index (χ2n) is 8.28. The van der Waals surface area contributed by atoms with Crippen molar-refractivity contribution >= 4 is 33.2 Å². The predicted octanol–water partition coefficient (Wildman–Crippen LogP) is 4.87. The highest BCUT2D eigenvalue weighted by Crippen LogP contribution is 2.39. The van der Waals surface area contributed by atoms with Gasteiger partial charge in [0.15, 0.2) is 11.6 Å². The summed E-state index contributed by atoms with van der Waals surface area (Å²) in [5, 5.41) is 9.34. The van der Waals surface area contributed by atoms with Crippen molar-refractivity contribution in [3.8, 4) is 27.9 Å². The van der Waals surface area contributed by atoms with Gasteiger partial charge in [-0.05, 0) is 55.0 Å². The van der Waals surface area contributed by atoms with Crippen LogP contribution in [0, 0.1) is 17.1 Å². The highest BCUT2D eigenvalue weighted by Gasteiger charge is 2.23. The van der Waals surface area contributed by atoms with Gasteiger partial charge in [-0.25, -0.2) is 13.8 Å². The number of rotatable bonds is 5. The maximum absolute atomic E-state index is 14.1. The molecule has 0 N–H and O–H groups in total. The zero-order valence-electron chi connectivity index (χ0n) is 18.8. The van der Waals surface area contributed by atoms with Gasteiger partial charge in [0.25, 0.3) is 5.56 Å². The van der Waals surface area contributed by atoms with Crippen LogP contribution < -0.4 is 16.0 Å².